The van der Waals surface area contributed by atoms with Crippen molar-refractivity contribution in [2.24, 2.45) is 0 Å². The van der Waals surface area contributed by atoms with E-state index in [4.69, 9.17) is 4.74 Å². The van der Waals surface area contributed by atoms with E-state index < -0.39 is 0 Å². The molecule has 1 aromatic rings. The van der Waals surface area contributed by atoms with Crippen molar-refractivity contribution < 1.29 is 9.53 Å². The molecule has 0 bridgehead atoms. The van der Waals surface area contributed by atoms with Crippen molar-refractivity contribution >= 4 is 5.97 Å². The van der Waals surface area contributed by atoms with Crippen LogP contribution in [0.25, 0.3) is 0 Å². The summed E-state index contributed by atoms with van der Waals surface area (Å²) in [6, 6.07) is 5.91. The van der Waals surface area contributed by atoms with Crippen LogP contribution in [-0.2, 0) is 4.74 Å². The summed E-state index contributed by atoms with van der Waals surface area (Å²) in [5.74, 6) is 0.517. The first-order valence-electron chi connectivity index (χ1n) is 6.68. The molecule has 1 rings (SSSR count). The van der Waals surface area contributed by atoms with Crippen LogP contribution < -0.4 is 0 Å². The van der Waals surface area contributed by atoms with E-state index in [2.05, 4.69) is 33.8 Å². The molecule has 18 heavy (non-hydrogen) atoms. The maximum Gasteiger partial charge on any atom is 0.338 e. The van der Waals surface area contributed by atoms with Crippen LogP contribution in [0.15, 0.2) is 18.2 Å². The highest BCUT2D eigenvalue weighted by molar-refractivity contribution is 5.92. The Morgan fingerprint density at radius 3 is 2.06 bits per heavy atom. The molecule has 0 atom stereocenters. The zero-order valence-electron chi connectivity index (χ0n) is 12.3. The first kappa shape index (κ1) is 14.7. The Kier molecular flexibility index (Phi) is 4.94. The molecule has 0 aromatic heterocycles. The Labute approximate surface area is 110 Å². The van der Waals surface area contributed by atoms with Gasteiger partial charge >= 0.3 is 5.97 Å². The van der Waals surface area contributed by atoms with E-state index in [1.165, 1.54) is 5.56 Å². The molecule has 1 aromatic carbocycles. The van der Waals surface area contributed by atoms with E-state index in [-0.39, 0.29) is 12.1 Å². The summed E-state index contributed by atoms with van der Waals surface area (Å²) in [5.41, 5.74) is 3.08. The van der Waals surface area contributed by atoms with Crippen LogP contribution in [0.4, 0.5) is 0 Å². The van der Waals surface area contributed by atoms with Gasteiger partial charge in [0.05, 0.1) is 11.7 Å². The largest absolute Gasteiger partial charge is 0.459 e. The second-order valence-corrected chi connectivity index (χ2v) is 5.57. The lowest BCUT2D eigenvalue weighted by atomic mass is 9.87. The number of hydrogen-bond acceptors (Lipinski definition) is 2. The number of carbonyl (C=O) groups excluding carboxylic acids is 1. The predicted octanol–water partition coefficient (Wildman–Crippen LogP) is 4.50. The summed E-state index contributed by atoms with van der Waals surface area (Å²) in [5, 5.41) is 0. The quantitative estimate of drug-likeness (QED) is 0.733. The smallest absolute Gasteiger partial charge is 0.338 e. The molecular weight excluding hydrogens is 224 g/mol. The fraction of sp³-hybridized carbons (Fsp3) is 0.562. The second-order valence-electron chi connectivity index (χ2n) is 5.57. The van der Waals surface area contributed by atoms with E-state index in [9.17, 15) is 4.79 Å². The molecular formula is C16H24O2. The highest BCUT2D eigenvalue weighted by Gasteiger charge is 2.20. The third-order valence-corrected chi connectivity index (χ3v) is 2.90. The number of esters is 1. The molecule has 0 saturated heterocycles. The molecule has 0 spiro atoms. The molecule has 100 valence electrons. The number of hydrogen-bond donors (Lipinski definition) is 0. The minimum absolute atomic E-state index is 0.0831. The molecule has 0 saturated carbocycles. The van der Waals surface area contributed by atoms with Gasteiger partial charge in [-0.3, -0.25) is 0 Å². The summed E-state index contributed by atoms with van der Waals surface area (Å²) in [6.45, 7) is 12.3. The van der Waals surface area contributed by atoms with Crippen molar-refractivity contribution in [1.82, 2.24) is 0 Å². The minimum atomic E-state index is -0.212. The maximum atomic E-state index is 12.1. The second kappa shape index (κ2) is 6.03. The lowest BCUT2D eigenvalue weighted by molar-refractivity contribution is 0.0376. The van der Waals surface area contributed by atoms with Gasteiger partial charge < -0.3 is 4.74 Å². The molecule has 0 fully saturated rings. The summed E-state index contributed by atoms with van der Waals surface area (Å²) in [4.78, 5) is 12.1. The van der Waals surface area contributed by atoms with Crippen molar-refractivity contribution in [3.8, 4) is 0 Å². The van der Waals surface area contributed by atoms with Crippen molar-refractivity contribution in [3.63, 3.8) is 0 Å². The molecule has 2 nitrogen and oxygen atoms in total. The van der Waals surface area contributed by atoms with Crippen molar-refractivity contribution in [2.45, 2.75) is 59.5 Å². The Balaban J connectivity index is 3.27. The summed E-state index contributed by atoms with van der Waals surface area (Å²) in [6.07, 6.45) is -0.0831. The molecule has 0 aliphatic carbocycles. The van der Waals surface area contributed by atoms with E-state index in [0.717, 1.165) is 5.56 Å². The Morgan fingerprint density at radius 2 is 1.61 bits per heavy atom. The maximum absolute atomic E-state index is 12.1. The third-order valence-electron chi connectivity index (χ3n) is 2.90. The van der Waals surface area contributed by atoms with Gasteiger partial charge in [-0.1, -0.05) is 39.8 Å². The third kappa shape index (κ3) is 3.34. The van der Waals surface area contributed by atoms with Crippen molar-refractivity contribution in [1.29, 1.82) is 0 Å². The molecule has 0 unspecified atom stereocenters. The Bertz CT molecular complexity index is 417. The van der Waals surface area contributed by atoms with Gasteiger partial charge in [-0.15, -0.1) is 0 Å². The van der Waals surface area contributed by atoms with Crippen molar-refractivity contribution in [3.05, 3.63) is 34.9 Å². The first-order valence-corrected chi connectivity index (χ1v) is 6.68. The van der Waals surface area contributed by atoms with E-state index in [0.29, 0.717) is 17.4 Å². The lowest BCUT2D eigenvalue weighted by Gasteiger charge is -2.20. The SMILES string of the molecule is CC(C)OC(=O)c1cccc(C(C)C)c1C(C)C. The minimum Gasteiger partial charge on any atom is -0.459 e. The number of ether oxygens (including phenoxy) is 1. The average Bonchev–Trinajstić information content (AvgIpc) is 2.26. The topological polar surface area (TPSA) is 26.3 Å². The fourth-order valence-electron chi connectivity index (χ4n) is 2.19. The molecule has 0 heterocycles. The van der Waals surface area contributed by atoms with Crippen molar-refractivity contribution in [2.75, 3.05) is 0 Å². The van der Waals surface area contributed by atoms with Crippen LogP contribution in [0.3, 0.4) is 0 Å². The summed E-state index contributed by atoms with van der Waals surface area (Å²) >= 11 is 0. The van der Waals surface area contributed by atoms with Gasteiger partial charge in [0.1, 0.15) is 0 Å². The molecule has 0 radical (unpaired) electrons. The highest BCUT2D eigenvalue weighted by atomic mass is 16.5. The average molecular weight is 248 g/mol. The summed E-state index contributed by atoms with van der Waals surface area (Å²) < 4.78 is 5.32. The van der Waals surface area contributed by atoms with Crippen LogP contribution in [0.1, 0.15) is 74.9 Å². The highest BCUT2D eigenvalue weighted by Crippen LogP contribution is 2.29. The Hall–Kier alpha value is -1.31. The molecule has 0 N–H and O–H groups in total. The zero-order valence-corrected chi connectivity index (χ0v) is 12.3. The number of rotatable bonds is 4. The molecule has 0 aliphatic rings. The standard InChI is InChI=1S/C16H24O2/c1-10(2)13-8-7-9-14(15(13)11(3)4)16(17)18-12(5)6/h7-12H,1-6H3. The van der Waals surface area contributed by atoms with Crippen LogP contribution >= 0.6 is 0 Å². The fourth-order valence-corrected chi connectivity index (χ4v) is 2.19. The van der Waals surface area contributed by atoms with Crippen LogP contribution in [-0.4, -0.2) is 12.1 Å². The summed E-state index contributed by atoms with van der Waals surface area (Å²) in [7, 11) is 0. The van der Waals surface area contributed by atoms with Gasteiger partial charge in [0.25, 0.3) is 0 Å². The van der Waals surface area contributed by atoms with E-state index in [1.807, 2.05) is 26.0 Å². The van der Waals surface area contributed by atoms with E-state index >= 15 is 0 Å². The van der Waals surface area contributed by atoms with Crippen LogP contribution in [0, 0.1) is 0 Å². The van der Waals surface area contributed by atoms with Gasteiger partial charge in [-0.05, 0) is 42.9 Å². The lowest BCUT2D eigenvalue weighted by Crippen LogP contribution is -2.15. The first-order chi connectivity index (χ1) is 8.34. The molecule has 0 amide bonds. The van der Waals surface area contributed by atoms with Crippen LogP contribution in [0.2, 0.25) is 0 Å². The normalized spacial score (nSPS) is 11.4. The Morgan fingerprint density at radius 1 is 1.00 bits per heavy atom. The monoisotopic (exact) mass is 248 g/mol. The molecule has 0 aliphatic heterocycles. The number of carbonyl (C=O) groups is 1. The van der Waals surface area contributed by atoms with E-state index in [1.54, 1.807) is 0 Å². The molecule has 2 heteroatoms. The van der Waals surface area contributed by atoms with Gasteiger partial charge in [-0.25, -0.2) is 4.79 Å². The van der Waals surface area contributed by atoms with Gasteiger partial charge in [0, 0.05) is 0 Å². The van der Waals surface area contributed by atoms with Gasteiger partial charge in [0.15, 0.2) is 0 Å². The predicted molar refractivity (Wildman–Crippen MR) is 75.2 cm³/mol. The number of benzene rings is 1. The van der Waals surface area contributed by atoms with Gasteiger partial charge in [0.2, 0.25) is 0 Å². The van der Waals surface area contributed by atoms with Gasteiger partial charge in [-0.2, -0.15) is 0 Å². The zero-order chi connectivity index (χ0) is 13.9. The van der Waals surface area contributed by atoms with Crippen LogP contribution in [0.5, 0.6) is 0 Å².